The molecule has 0 aliphatic rings. The summed E-state index contributed by atoms with van der Waals surface area (Å²) in [5.74, 6) is -0.467. The Balaban J connectivity index is 0.000000413. The van der Waals surface area contributed by atoms with Crippen LogP contribution in [-0.4, -0.2) is 35.1 Å². The molecule has 1 amide bonds. The summed E-state index contributed by atoms with van der Waals surface area (Å²) in [4.78, 5) is 26.2. The van der Waals surface area contributed by atoms with Crippen molar-refractivity contribution in [2.24, 2.45) is 0 Å². The quantitative estimate of drug-likeness (QED) is 0.841. The van der Waals surface area contributed by atoms with E-state index in [0.29, 0.717) is 36.2 Å². The molecule has 0 fully saturated rings. The van der Waals surface area contributed by atoms with Crippen molar-refractivity contribution >= 4 is 22.8 Å². The normalized spacial score (nSPS) is 9.83. The van der Waals surface area contributed by atoms with E-state index in [1.54, 1.807) is 13.0 Å². The Hall–Kier alpha value is -2.63. The third kappa shape index (κ3) is 4.94. The first kappa shape index (κ1) is 19.4. The van der Waals surface area contributed by atoms with E-state index in [1.807, 2.05) is 32.0 Å². The average Bonchev–Trinajstić information content (AvgIpc) is 2.55. The predicted molar refractivity (Wildman–Crippen MR) is 93.1 cm³/mol. The van der Waals surface area contributed by atoms with Crippen molar-refractivity contribution in [2.45, 2.75) is 34.1 Å². The molecule has 1 heterocycles. The van der Waals surface area contributed by atoms with Gasteiger partial charge < -0.3 is 15.2 Å². The smallest absolute Gasteiger partial charge is 0.302 e. The topological polar surface area (TPSA) is 88.5 Å². The van der Waals surface area contributed by atoms with E-state index in [9.17, 15) is 14.7 Å². The van der Waals surface area contributed by atoms with E-state index >= 15 is 0 Å². The first-order valence-electron chi connectivity index (χ1n) is 7.98. The molecular formula is C18H24N2O4. The molecule has 24 heavy (non-hydrogen) atoms. The minimum absolute atomic E-state index is 0.0170. The summed E-state index contributed by atoms with van der Waals surface area (Å²) in [6, 6.07) is 7.27. The maximum Gasteiger partial charge on any atom is 0.302 e. The van der Waals surface area contributed by atoms with Crippen LogP contribution in [-0.2, 0) is 16.0 Å². The van der Waals surface area contributed by atoms with Crippen molar-refractivity contribution < 1.29 is 19.4 Å². The molecule has 0 spiro atoms. The van der Waals surface area contributed by atoms with Crippen LogP contribution in [0.25, 0.3) is 10.9 Å². The van der Waals surface area contributed by atoms with Gasteiger partial charge in [-0.1, -0.05) is 19.1 Å². The highest BCUT2D eigenvalue weighted by molar-refractivity contribution is 6.03. The van der Waals surface area contributed by atoms with Crippen LogP contribution in [0.15, 0.2) is 24.3 Å². The number of nitrogens with zero attached hydrogens (tertiary/aromatic N) is 1. The number of nitrogens with one attached hydrogen (secondary N) is 1. The molecule has 0 radical (unpaired) electrons. The predicted octanol–water partition coefficient (Wildman–Crippen LogP) is 2.82. The van der Waals surface area contributed by atoms with Gasteiger partial charge in [0.15, 0.2) is 0 Å². The third-order valence-electron chi connectivity index (χ3n) is 3.19. The third-order valence-corrected chi connectivity index (χ3v) is 3.19. The highest BCUT2D eigenvalue weighted by Crippen LogP contribution is 2.29. The van der Waals surface area contributed by atoms with Gasteiger partial charge in [-0.05, 0) is 32.4 Å². The molecule has 2 aromatic rings. The molecule has 0 saturated carbocycles. The lowest BCUT2D eigenvalue weighted by molar-refractivity contribution is -0.140. The minimum atomic E-state index is -0.273. The number of aromatic hydroxyl groups is 1. The zero-order valence-corrected chi connectivity index (χ0v) is 14.5. The first-order chi connectivity index (χ1) is 11.5. The van der Waals surface area contributed by atoms with Gasteiger partial charge in [0.05, 0.1) is 17.8 Å². The second-order valence-corrected chi connectivity index (χ2v) is 4.94. The maximum absolute atomic E-state index is 12.0. The Morgan fingerprint density at radius 3 is 2.38 bits per heavy atom. The fraction of sp³-hybridized carbons (Fsp3) is 0.389. The Bertz CT molecular complexity index is 713. The van der Waals surface area contributed by atoms with E-state index in [-0.39, 0.29) is 23.2 Å². The van der Waals surface area contributed by atoms with Gasteiger partial charge in [-0.2, -0.15) is 0 Å². The maximum atomic E-state index is 12.0. The summed E-state index contributed by atoms with van der Waals surface area (Å²) in [5, 5.41) is 13.6. The molecule has 2 N–H and O–H groups in total. The van der Waals surface area contributed by atoms with Gasteiger partial charge in [0.2, 0.25) is 0 Å². The number of carbonyl (C=O) groups is 2. The zero-order chi connectivity index (χ0) is 18.1. The molecular weight excluding hydrogens is 308 g/mol. The van der Waals surface area contributed by atoms with Gasteiger partial charge in [0.25, 0.3) is 5.91 Å². The lowest BCUT2D eigenvalue weighted by Gasteiger charge is -2.11. The largest absolute Gasteiger partial charge is 0.506 e. The summed E-state index contributed by atoms with van der Waals surface area (Å²) >= 11 is 0. The number of aryl methyl sites for hydroxylation is 1. The van der Waals surface area contributed by atoms with Crippen LogP contribution >= 0.6 is 0 Å². The molecule has 130 valence electrons. The van der Waals surface area contributed by atoms with Gasteiger partial charge in [-0.15, -0.1) is 0 Å². The van der Waals surface area contributed by atoms with Crippen molar-refractivity contribution in [3.05, 3.63) is 35.5 Å². The number of fused-ring (bicyclic) bond motifs is 1. The Labute approximate surface area is 141 Å². The molecule has 0 saturated heterocycles. The SMILES string of the molecule is CCNC(=O)c1c(CC)nc2ccccc2c1O.CCOC(C)=O. The van der Waals surface area contributed by atoms with Crippen LogP contribution in [0, 0.1) is 0 Å². The molecule has 6 heteroatoms. The molecule has 0 aliphatic carbocycles. The molecule has 6 nitrogen and oxygen atoms in total. The summed E-state index contributed by atoms with van der Waals surface area (Å²) in [5.41, 5.74) is 1.62. The van der Waals surface area contributed by atoms with Crippen LogP contribution in [0.4, 0.5) is 0 Å². The minimum Gasteiger partial charge on any atom is -0.506 e. The fourth-order valence-corrected chi connectivity index (χ4v) is 2.19. The van der Waals surface area contributed by atoms with Crippen molar-refractivity contribution in [3.63, 3.8) is 0 Å². The number of rotatable bonds is 4. The van der Waals surface area contributed by atoms with Crippen LogP contribution in [0.1, 0.15) is 43.7 Å². The second kappa shape index (κ2) is 9.50. The number of carbonyl (C=O) groups excluding carboxylic acids is 2. The van der Waals surface area contributed by atoms with E-state index in [2.05, 4.69) is 15.0 Å². The standard InChI is InChI=1S/C14H16N2O2.C4H8O2/c1-3-10-12(14(18)15-4-2)13(17)9-7-5-6-8-11(9)16-10;1-3-6-4(2)5/h5-8H,3-4H2,1-2H3,(H,15,18)(H,16,17);3H2,1-2H3. The number of hydrogen-bond acceptors (Lipinski definition) is 5. The number of pyridine rings is 1. The second-order valence-electron chi connectivity index (χ2n) is 4.94. The molecule has 0 unspecified atom stereocenters. The number of ether oxygens (including phenoxy) is 1. The first-order valence-corrected chi connectivity index (χ1v) is 7.98. The summed E-state index contributed by atoms with van der Waals surface area (Å²) in [6.45, 7) is 7.93. The summed E-state index contributed by atoms with van der Waals surface area (Å²) in [6.07, 6.45) is 0.602. The van der Waals surface area contributed by atoms with Gasteiger partial charge in [-0.25, -0.2) is 0 Å². The van der Waals surface area contributed by atoms with Gasteiger partial charge in [-0.3, -0.25) is 14.6 Å². The summed E-state index contributed by atoms with van der Waals surface area (Å²) in [7, 11) is 0. The number of hydrogen-bond donors (Lipinski definition) is 2. The van der Waals surface area contributed by atoms with E-state index < -0.39 is 0 Å². The molecule has 2 rings (SSSR count). The van der Waals surface area contributed by atoms with E-state index in [4.69, 9.17) is 0 Å². The molecule has 0 aliphatic heterocycles. The highest BCUT2D eigenvalue weighted by Gasteiger charge is 2.19. The van der Waals surface area contributed by atoms with E-state index in [0.717, 1.165) is 0 Å². The van der Waals surface area contributed by atoms with Gasteiger partial charge >= 0.3 is 5.97 Å². The highest BCUT2D eigenvalue weighted by atomic mass is 16.5. The van der Waals surface area contributed by atoms with Crippen LogP contribution in [0.3, 0.4) is 0 Å². The average molecular weight is 332 g/mol. The fourth-order valence-electron chi connectivity index (χ4n) is 2.19. The van der Waals surface area contributed by atoms with Gasteiger partial charge in [0.1, 0.15) is 11.3 Å². The van der Waals surface area contributed by atoms with Crippen LogP contribution < -0.4 is 5.32 Å². The molecule has 1 aromatic carbocycles. The number of para-hydroxylation sites is 1. The Kier molecular flexibility index (Phi) is 7.68. The number of esters is 1. The molecule has 0 bridgehead atoms. The zero-order valence-electron chi connectivity index (χ0n) is 14.5. The van der Waals surface area contributed by atoms with Crippen LogP contribution in [0.5, 0.6) is 5.75 Å². The lowest BCUT2D eigenvalue weighted by Crippen LogP contribution is -2.24. The van der Waals surface area contributed by atoms with Crippen molar-refractivity contribution in [1.29, 1.82) is 0 Å². The summed E-state index contributed by atoms with van der Waals surface area (Å²) < 4.78 is 4.40. The van der Waals surface area contributed by atoms with E-state index in [1.165, 1.54) is 6.92 Å². The Morgan fingerprint density at radius 1 is 1.21 bits per heavy atom. The van der Waals surface area contributed by atoms with Gasteiger partial charge in [0, 0.05) is 18.9 Å². The van der Waals surface area contributed by atoms with Crippen molar-refractivity contribution in [2.75, 3.05) is 13.2 Å². The Morgan fingerprint density at radius 2 is 1.88 bits per heavy atom. The monoisotopic (exact) mass is 332 g/mol. The van der Waals surface area contributed by atoms with Crippen LogP contribution in [0.2, 0.25) is 0 Å². The van der Waals surface area contributed by atoms with Crippen molar-refractivity contribution in [1.82, 2.24) is 10.3 Å². The number of aromatic nitrogens is 1. The number of benzene rings is 1. The lowest BCUT2D eigenvalue weighted by atomic mass is 10.0. The molecule has 1 aromatic heterocycles. The number of amides is 1. The van der Waals surface area contributed by atoms with Crippen molar-refractivity contribution in [3.8, 4) is 5.75 Å². The molecule has 0 atom stereocenters.